The molecule has 7 nitrogen and oxygen atoms in total. The molecule has 0 fully saturated rings. The van der Waals surface area contributed by atoms with E-state index >= 15 is 0 Å². The number of aromatic hydroxyl groups is 1. The van der Waals surface area contributed by atoms with Crippen molar-refractivity contribution in [1.82, 2.24) is 0 Å². The summed E-state index contributed by atoms with van der Waals surface area (Å²) in [5.74, 6) is -1.56. The first kappa shape index (κ1) is 20.3. The van der Waals surface area contributed by atoms with Crippen molar-refractivity contribution in [3.8, 4) is 17.6 Å². The largest absolute Gasteiger partial charge is 0.504 e. The second kappa shape index (κ2) is 9.05. The maximum absolute atomic E-state index is 12.4. The second-order valence-electron chi connectivity index (χ2n) is 5.29. The summed E-state index contributed by atoms with van der Waals surface area (Å²) >= 11 is 1.92. The normalized spacial score (nSPS) is 10.8. The van der Waals surface area contributed by atoms with Crippen LogP contribution in [-0.2, 0) is 4.79 Å². The number of carbonyl (C=O) groups is 2. The molecule has 2 aromatic rings. The molecule has 3 N–H and O–H groups in total. The summed E-state index contributed by atoms with van der Waals surface area (Å²) in [6.45, 7) is 2.12. The maximum Gasteiger partial charge on any atom is 0.335 e. The highest BCUT2D eigenvalue weighted by Gasteiger charge is 2.13. The van der Waals surface area contributed by atoms with Crippen LogP contribution in [0.2, 0.25) is 0 Å². The van der Waals surface area contributed by atoms with E-state index in [1.807, 2.05) is 28.7 Å². The summed E-state index contributed by atoms with van der Waals surface area (Å²) in [6, 6.07) is 10.7. The van der Waals surface area contributed by atoms with Crippen LogP contribution in [0, 0.1) is 14.9 Å². The Hall–Kier alpha value is -3.06. The van der Waals surface area contributed by atoms with Gasteiger partial charge < -0.3 is 20.3 Å². The zero-order chi connectivity index (χ0) is 20.0. The average molecular weight is 478 g/mol. The molecule has 0 saturated heterocycles. The van der Waals surface area contributed by atoms with E-state index < -0.39 is 11.9 Å². The predicted molar refractivity (Wildman–Crippen MR) is 108 cm³/mol. The summed E-state index contributed by atoms with van der Waals surface area (Å²) < 4.78 is 5.85. The Bertz CT molecular complexity index is 963. The van der Waals surface area contributed by atoms with Crippen LogP contribution in [0.5, 0.6) is 11.5 Å². The zero-order valence-electron chi connectivity index (χ0n) is 14.2. The number of phenols is 1. The van der Waals surface area contributed by atoms with Gasteiger partial charge in [-0.3, -0.25) is 4.79 Å². The van der Waals surface area contributed by atoms with E-state index in [0.29, 0.717) is 15.7 Å². The Kier molecular flexibility index (Phi) is 6.79. The number of halogens is 1. The summed E-state index contributed by atoms with van der Waals surface area (Å²) in [5.41, 5.74) is 0.604. The van der Waals surface area contributed by atoms with Crippen molar-refractivity contribution >= 4 is 46.2 Å². The number of carboxylic acids is 1. The molecule has 0 heterocycles. The molecule has 0 aliphatic carbocycles. The van der Waals surface area contributed by atoms with Crippen LogP contribution in [0.25, 0.3) is 6.08 Å². The third-order valence-corrected chi connectivity index (χ3v) is 4.22. The van der Waals surface area contributed by atoms with E-state index in [1.165, 1.54) is 36.4 Å². The lowest BCUT2D eigenvalue weighted by Gasteiger charge is -2.09. The lowest BCUT2D eigenvalue weighted by atomic mass is 10.1. The van der Waals surface area contributed by atoms with Crippen molar-refractivity contribution in [2.24, 2.45) is 0 Å². The van der Waals surface area contributed by atoms with E-state index in [0.717, 1.165) is 0 Å². The smallest absolute Gasteiger partial charge is 0.335 e. The molecule has 0 unspecified atom stereocenters. The minimum Gasteiger partial charge on any atom is -0.504 e. The quantitative estimate of drug-likeness (QED) is 0.332. The maximum atomic E-state index is 12.4. The fourth-order valence-corrected chi connectivity index (χ4v) is 2.81. The summed E-state index contributed by atoms with van der Waals surface area (Å²) in [7, 11) is 0. The SMILES string of the molecule is CCOc1cc(C=C(C#N)C(=O)Nc2cccc(C(=O)O)c2)cc(I)c1O. The number of ether oxygens (including phenoxy) is 1. The van der Waals surface area contributed by atoms with Gasteiger partial charge in [0.2, 0.25) is 0 Å². The zero-order valence-corrected chi connectivity index (χ0v) is 16.4. The molecular weight excluding hydrogens is 463 g/mol. The fraction of sp³-hybridized carbons (Fsp3) is 0.105. The van der Waals surface area contributed by atoms with Gasteiger partial charge in [0.25, 0.3) is 5.91 Å². The van der Waals surface area contributed by atoms with Crippen LogP contribution in [0.1, 0.15) is 22.8 Å². The lowest BCUT2D eigenvalue weighted by Crippen LogP contribution is -2.14. The van der Waals surface area contributed by atoms with Gasteiger partial charge in [-0.15, -0.1) is 0 Å². The first-order valence-electron chi connectivity index (χ1n) is 7.77. The van der Waals surface area contributed by atoms with Crippen molar-refractivity contribution in [1.29, 1.82) is 5.26 Å². The van der Waals surface area contributed by atoms with Gasteiger partial charge in [0.05, 0.1) is 15.7 Å². The van der Waals surface area contributed by atoms with Crippen LogP contribution >= 0.6 is 22.6 Å². The van der Waals surface area contributed by atoms with Crippen molar-refractivity contribution < 1.29 is 24.5 Å². The van der Waals surface area contributed by atoms with Crippen LogP contribution < -0.4 is 10.1 Å². The van der Waals surface area contributed by atoms with Crippen molar-refractivity contribution in [3.05, 3.63) is 56.7 Å². The van der Waals surface area contributed by atoms with E-state index in [4.69, 9.17) is 9.84 Å². The molecule has 138 valence electrons. The number of benzene rings is 2. The Balaban J connectivity index is 2.31. The van der Waals surface area contributed by atoms with Crippen LogP contribution in [0.15, 0.2) is 42.0 Å². The van der Waals surface area contributed by atoms with E-state index in [1.54, 1.807) is 13.0 Å². The van der Waals surface area contributed by atoms with Gasteiger partial charge in [0.15, 0.2) is 11.5 Å². The average Bonchev–Trinajstić information content (AvgIpc) is 2.63. The standard InChI is InChI=1S/C19H15IN2O5/c1-2-27-16-8-11(7-15(20)17(16)23)6-13(10-21)18(24)22-14-5-3-4-12(9-14)19(25)26/h3-9,23H,2H2,1H3,(H,22,24)(H,25,26). The molecule has 0 aliphatic rings. The predicted octanol–water partition coefficient (Wildman–Crippen LogP) is 3.64. The van der Waals surface area contributed by atoms with Gasteiger partial charge in [0.1, 0.15) is 11.6 Å². The number of hydrogen-bond donors (Lipinski definition) is 3. The minimum absolute atomic E-state index is 0.0111. The highest BCUT2D eigenvalue weighted by molar-refractivity contribution is 14.1. The number of amides is 1. The number of anilines is 1. The minimum atomic E-state index is -1.12. The van der Waals surface area contributed by atoms with Crippen LogP contribution in [0.4, 0.5) is 5.69 Å². The molecule has 0 atom stereocenters. The number of hydrogen-bond acceptors (Lipinski definition) is 5. The molecule has 0 aliphatic heterocycles. The lowest BCUT2D eigenvalue weighted by molar-refractivity contribution is -0.112. The molecule has 0 radical (unpaired) electrons. The fourth-order valence-electron chi connectivity index (χ4n) is 2.19. The Morgan fingerprint density at radius 3 is 2.70 bits per heavy atom. The third-order valence-electron chi connectivity index (χ3n) is 3.39. The number of nitriles is 1. The Morgan fingerprint density at radius 1 is 1.33 bits per heavy atom. The number of carbonyl (C=O) groups excluding carboxylic acids is 1. The molecule has 0 bridgehead atoms. The second-order valence-corrected chi connectivity index (χ2v) is 6.45. The first-order valence-corrected chi connectivity index (χ1v) is 8.85. The van der Waals surface area contributed by atoms with Crippen LogP contribution in [-0.4, -0.2) is 28.7 Å². The molecule has 0 saturated carbocycles. The summed E-state index contributed by atoms with van der Waals surface area (Å²) in [4.78, 5) is 23.4. The number of nitrogens with one attached hydrogen (secondary N) is 1. The molecule has 0 aromatic heterocycles. The molecule has 27 heavy (non-hydrogen) atoms. The Labute approximate surface area is 169 Å². The molecule has 2 aromatic carbocycles. The summed E-state index contributed by atoms with van der Waals surface area (Å²) in [5, 5.41) is 30.8. The highest BCUT2D eigenvalue weighted by atomic mass is 127. The van der Waals surface area contributed by atoms with Gasteiger partial charge in [0, 0.05) is 5.69 Å². The van der Waals surface area contributed by atoms with Gasteiger partial charge in [-0.1, -0.05) is 6.07 Å². The monoisotopic (exact) mass is 478 g/mol. The summed E-state index contributed by atoms with van der Waals surface area (Å²) in [6.07, 6.45) is 1.36. The number of nitrogens with zero attached hydrogens (tertiary/aromatic N) is 1. The number of carboxylic acid groups (broad SMARTS) is 1. The van der Waals surface area contributed by atoms with Crippen molar-refractivity contribution in [2.75, 3.05) is 11.9 Å². The molecular formula is C19H15IN2O5. The number of rotatable bonds is 6. The van der Waals surface area contributed by atoms with Crippen LogP contribution in [0.3, 0.4) is 0 Å². The van der Waals surface area contributed by atoms with Crippen molar-refractivity contribution in [3.63, 3.8) is 0 Å². The van der Waals surface area contributed by atoms with Gasteiger partial charge >= 0.3 is 5.97 Å². The van der Waals surface area contributed by atoms with E-state index in [-0.39, 0.29) is 28.3 Å². The van der Waals surface area contributed by atoms with E-state index in [9.17, 15) is 20.0 Å². The first-order chi connectivity index (χ1) is 12.8. The molecule has 2 rings (SSSR count). The number of aromatic carboxylic acids is 1. The Morgan fingerprint density at radius 2 is 2.07 bits per heavy atom. The molecule has 8 heteroatoms. The van der Waals surface area contributed by atoms with Gasteiger partial charge in [-0.05, 0) is 71.5 Å². The van der Waals surface area contributed by atoms with Gasteiger partial charge in [-0.25, -0.2) is 4.79 Å². The molecule has 1 amide bonds. The topological polar surface area (TPSA) is 120 Å². The molecule has 0 spiro atoms. The van der Waals surface area contributed by atoms with E-state index in [2.05, 4.69) is 5.32 Å². The third kappa shape index (κ3) is 5.21. The highest BCUT2D eigenvalue weighted by Crippen LogP contribution is 2.33. The number of phenolic OH excluding ortho intramolecular Hbond substituents is 1. The van der Waals surface area contributed by atoms with Gasteiger partial charge in [-0.2, -0.15) is 5.26 Å². The van der Waals surface area contributed by atoms with Crippen molar-refractivity contribution in [2.45, 2.75) is 6.92 Å².